The second-order valence-corrected chi connectivity index (χ2v) is 5.56. The molecule has 0 unspecified atom stereocenters. The van der Waals surface area contributed by atoms with Gasteiger partial charge in [-0.1, -0.05) is 20.8 Å². The summed E-state index contributed by atoms with van der Waals surface area (Å²) in [7, 11) is 0. The summed E-state index contributed by atoms with van der Waals surface area (Å²) in [5.74, 6) is -0.0199. The third-order valence-electron chi connectivity index (χ3n) is 2.21. The Labute approximate surface area is 113 Å². The third kappa shape index (κ3) is 6.45. The van der Waals surface area contributed by atoms with Crippen molar-refractivity contribution in [1.29, 1.82) is 0 Å². The van der Waals surface area contributed by atoms with E-state index in [-0.39, 0.29) is 17.9 Å². The number of carbonyl (C=O) groups is 2. The van der Waals surface area contributed by atoms with Gasteiger partial charge in [0.05, 0.1) is 0 Å². The molecule has 0 atom stereocenters. The lowest BCUT2D eigenvalue weighted by molar-refractivity contribution is -0.120. The van der Waals surface area contributed by atoms with Gasteiger partial charge in [-0.3, -0.25) is 9.59 Å². The molecule has 0 radical (unpaired) electrons. The van der Waals surface area contributed by atoms with Gasteiger partial charge >= 0.3 is 0 Å². The van der Waals surface area contributed by atoms with E-state index >= 15 is 0 Å². The van der Waals surface area contributed by atoms with Crippen LogP contribution >= 0.6 is 0 Å². The zero-order valence-electron chi connectivity index (χ0n) is 11.5. The summed E-state index contributed by atoms with van der Waals surface area (Å²) in [5, 5.41) is 2.80. The Balaban J connectivity index is 2.52. The van der Waals surface area contributed by atoms with Crippen molar-refractivity contribution in [2.24, 2.45) is 11.1 Å². The van der Waals surface area contributed by atoms with E-state index < -0.39 is 5.91 Å². The summed E-state index contributed by atoms with van der Waals surface area (Å²) in [6.07, 6.45) is 0.451. The molecule has 0 aliphatic carbocycles. The van der Waals surface area contributed by atoms with Gasteiger partial charge in [-0.2, -0.15) is 0 Å². The number of rotatable bonds is 5. The zero-order chi connectivity index (χ0) is 14.5. The van der Waals surface area contributed by atoms with Crippen molar-refractivity contribution < 1.29 is 14.3 Å². The number of nitrogens with two attached hydrogens (primary N) is 1. The first-order valence-electron chi connectivity index (χ1n) is 6.07. The van der Waals surface area contributed by atoms with E-state index in [0.717, 1.165) is 0 Å². The number of amides is 2. The number of primary amides is 1. The maximum atomic E-state index is 11.7. The fourth-order valence-electron chi connectivity index (χ4n) is 1.48. The van der Waals surface area contributed by atoms with Crippen LogP contribution in [0.2, 0.25) is 0 Å². The number of hydrogen-bond donors (Lipinski definition) is 2. The zero-order valence-corrected chi connectivity index (χ0v) is 11.5. The highest BCUT2D eigenvalue weighted by Crippen LogP contribution is 2.20. The SMILES string of the molecule is CC(C)(C)CC(=O)Nc1ccc(OCC(N)=O)cc1. The van der Waals surface area contributed by atoms with E-state index in [1.807, 2.05) is 20.8 Å². The number of nitrogens with one attached hydrogen (secondary N) is 1. The lowest BCUT2D eigenvalue weighted by Crippen LogP contribution is -2.20. The molecule has 0 aliphatic heterocycles. The van der Waals surface area contributed by atoms with Crippen LogP contribution in [0.5, 0.6) is 5.75 Å². The van der Waals surface area contributed by atoms with Gasteiger partial charge < -0.3 is 15.8 Å². The van der Waals surface area contributed by atoms with Crippen LogP contribution in [0.15, 0.2) is 24.3 Å². The molecule has 0 heterocycles. The van der Waals surface area contributed by atoms with E-state index in [0.29, 0.717) is 17.9 Å². The number of hydrogen-bond acceptors (Lipinski definition) is 3. The first-order valence-corrected chi connectivity index (χ1v) is 6.07. The molecule has 1 rings (SSSR count). The highest BCUT2D eigenvalue weighted by atomic mass is 16.5. The lowest BCUT2D eigenvalue weighted by atomic mass is 9.92. The van der Waals surface area contributed by atoms with Crippen molar-refractivity contribution in [2.45, 2.75) is 27.2 Å². The summed E-state index contributed by atoms with van der Waals surface area (Å²) < 4.78 is 5.12. The smallest absolute Gasteiger partial charge is 0.255 e. The summed E-state index contributed by atoms with van der Waals surface area (Å²) in [6.45, 7) is 5.86. The molecule has 5 heteroatoms. The van der Waals surface area contributed by atoms with Crippen molar-refractivity contribution >= 4 is 17.5 Å². The van der Waals surface area contributed by atoms with E-state index in [4.69, 9.17) is 10.5 Å². The molecule has 0 saturated heterocycles. The van der Waals surface area contributed by atoms with Crippen LogP contribution in [0.1, 0.15) is 27.2 Å². The summed E-state index contributed by atoms with van der Waals surface area (Å²) in [6, 6.07) is 6.79. The van der Waals surface area contributed by atoms with Crippen molar-refractivity contribution in [3.05, 3.63) is 24.3 Å². The third-order valence-corrected chi connectivity index (χ3v) is 2.21. The molecule has 0 aromatic heterocycles. The standard InChI is InChI=1S/C14H20N2O3/c1-14(2,3)8-13(18)16-10-4-6-11(7-5-10)19-9-12(15)17/h4-7H,8-9H2,1-3H3,(H2,15,17)(H,16,18). The number of carbonyl (C=O) groups excluding carboxylic acids is 2. The van der Waals surface area contributed by atoms with Crippen LogP contribution < -0.4 is 15.8 Å². The Kier molecular flexibility index (Phi) is 4.92. The average molecular weight is 264 g/mol. The molecule has 0 fully saturated rings. The predicted octanol–water partition coefficient (Wildman–Crippen LogP) is 1.93. The van der Waals surface area contributed by atoms with Gasteiger partial charge in [0, 0.05) is 12.1 Å². The van der Waals surface area contributed by atoms with E-state index in [2.05, 4.69) is 5.32 Å². The van der Waals surface area contributed by atoms with E-state index in [9.17, 15) is 9.59 Å². The van der Waals surface area contributed by atoms with Crippen LogP contribution in [0.25, 0.3) is 0 Å². The monoisotopic (exact) mass is 264 g/mol. The van der Waals surface area contributed by atoms with Crippen molar-refractivity contribution in [2.75, 3.05) is 11.9 Å². The quantitative estimate of drug-likeness (QED) is 0.852. The van der Waals surface area contributed by atoms with E-state index in [1.54, 1.807) is 24.3 Å². The molecule has 104 valence electrons. The Morgan fingerprint density at radius 2 is 1.79 bits per heavy atom. The van der Waals surface area contributed by atoms with Gasteiger partial charge in [0.2, 0.25) is 5.91 Å². The van der Waals surface area contributed by atoms with Crippen LogP contribution in [-0.2, 0) is 9.59 Å². The minimum absolute atomic E-state index is 0.0293. The van der Waals surface area contributed by atoms with Gasteiger partial charge in [0.15, 0.2) is 6.61 Å². The number of benzene rings is 1. The van der Waals surface area contributed by atoms with Crippen molar-refractivity contribution in [3.63, 3.8) is 0 Å². The topological polar surface area (TPSA) is 81.4 Å². The maximum absolute atomic E-state index is 11.7. The van der Waals surface area contributed by atoms with Gasteiger partial charge in [-0.15, -0.1) is 0 Å². The van der Waals surface area contributed by atoms with Crippen LogP contribution in [-0.4, -0.2) is 18.4 Å². The Hall–Kier alpha value is -2.04. The number of anilines is 1. The molecule has 2 amide bonds. The molecule has 1 aromatic carbocycles. The van der Waals surface area contributed by atoms with Gasteiger partial charge in [-0.25, -0.2) is 0 Å². The minimum atomic E-state index is -0.525. The molecule has 5 nitrogen and oxygen atoms in total. The minimum Gasteiger partial charge on any atom is -0.484 e. The molecule has 0 bridgehead atoms. The second kappa shape index (κ2) is 6.22. The van der Waals surface area contributed by atoms with Gasteiger partial charge in [0.1, 0.15) is 5.75 Å². The molecule has 3 N–H and O–H groups in total. The fourth-order valence-corrected chi connectivity index (χ4v) is 1.48. The van der Waals surface area contributed by atoms with Crippen molar-refractivity contribution in [1.82, 2.24) is 0 Å². The molecular formula is C14H20N2O3. The largest absolute Gasteiger partial charge is 0.484 e. The van der Waals surface area contributed by atoms with Crippen LogP contribution in [0.3, 0.4) is 0 Å². The van der Waals surface area contributed by atoms with Crippen LogP contribution in [0.4, 0.5) is 5.69 Å². The Morgan fingerprint density at radius 1 is 1.21 bits per heavy atom. The summed E-state index contributed by atoms with van der Waals surface area (Å²) in [4.78, 5) is 22.3. The average Bonchev–Trinajstić information content (AvgIpc) is 2.25. The number of ether oxygens (including phenoxy) is 1. The molecule has 19 heavy (non-hydrogen) atoms. The highest BCUT2D eigenvalue weighted by molar-refractivity contribution is 5.91. The Bertz CT molecular complexity index is 447. The molecule has 0 aliphatic rings. The summed E-state index contributed by atoms with van der Waals surface area (Å²) in [5.41, 5.74) is 5.62. The maximum Gasteiger partial charge on any atom is 0.255 e. The van der Waals surface area contributed by atoms with Gasteiger partial charge in [-0.05, 0) is 29.7 Å². The highest BCUT2D eigenvalue weighted by Gasteiger charge is 2.15. The van der Waals surface area contributed by atoms with Crippen LogP contribution in [0, 0.1) is 5.41 Å². The first-order chi connectivity index (χ1) is 8.76. The molecular weight excluding hydrogens is 244 g/mol. The lowest BCUT2D eigenvalue weighted by Gasteiger charge is -2.17. The molecule has 1 aromatic rings. The second-order valence-electron chi connectivity index (χ2n) is 5.56. The van der Waals surface area contributed by atoms with Crippen molar-refractivity contribution in [3.8, 4) is 5.75 Å². The fraction of sp³-hybridized carbons (Fsp3) is 0.429. The molecule has 0 saturated carbocycles. The van der Waals surface area contributed by atoms with E-state index in [1.165, 1.54) is 0 Å². The summed E-state index contributed by atoms with van der Waals surface area (Å²) >= 11 is 0. The first kappa shape index (κ1) is 15.0. The predicted molar refractivity (Wildman–Crippen MR) is 73.8 cm³/mol. The normalized spacial score (nSPS) is 10.9. The Morgan fingerprint density at radius 3 is 2.26 bits per heavy atom. The van der Waals surface area contributed by atoms with Gasteiger partial charge in [0.25, 0.3) is 5.91 Å². The molecule has 0 spiro atoms.